The summed E-state index contributed by atoms with van der Waals surface area (Å²) in [6.07, 6.45) is 5.35. The third-order valence-corrected chi connectivity index (χ3v) is 4.28. The molecule has 21 heavy (non-hydrogen) atoms. The first-order chi connectivity index (χ1) is 9.99. The van der Waals surface area contributed by atoms with Gasteiger partial charge in [0.25, 0.3) is 0 Å². The minimum absolute atomic E-state index is 0.00286. The fraction of sp³-hybridized carbons (Fsp3) is 0.786. The Morgan fingerprint density at radius 2 is 2.00 bits per heavy atom. The second-order valence-corrected chi connectivity index (χ2v) is 6.05. The van der Waals surface area contributed by atoms with Crippen molar-refractivity contribution in [1.29, 1.82) is 0 Å². The number of nitrogens with one attached hydrogen (secondary N) is 3. The Hall–Kier alpha value is -1.79. The number of carboxylic acid groups (broad SMARTS) is 1. The quantitative estimate of drug-likeness (QED) is 0.614. The maximum atomic E-state index is 12.1. The standard InChI is InChI=1S/C14H23N3O4/c18-11-5-4-10(9-15-11)16-13(21)17-14(8-12(19)20)6-2-1-3-7-14/h10H,1-9H2,(H,15,18)(H,19,20)(H2,16,17,21). The Morgan fingerprint density at radius 1 is 1.29 bits per heavy atom. The lowest BCUT2D eigenvalue weighted by Gasteiger charge is -2.37. The van der Waals surface area contributed by atoms with Crippen molar-refractivity contribution in [3.8, 4) is 0 Å². The van der Waals surface area contributed by atoms with Crippen LogP contribution in [0.15, 0.2) is 0 Å². The minimum Gasteiger partial charge on any atom is -0.481 e. The topological polar surface area (TPSA) is 108 Å². The van der Waals surface area contributed by atoms with Gasteiger partial charge in [-0.1, -0.05) is 19.3 Å². The summed E-state index contributed by atoms with van der Waals surface area (Å²) in [6.45, 7) is 0.429. The van der Waals surface area contributed by atoms with Crippen LogP contribution in [-0.4, -0.2) is 41.1 Å². The molecule has 0 aromatic carbocycles. The number of carbonyl (C=O) groups excluding carboxylic acids is 2. The zero-order valence-electron chi connectivity index (χ0n) is 12.1. The molecule has 2 aliphatic rings. The highest BCUT2D eigenvalue weighted by atomic mass is 16.4. The molecule has 1 heterocycles. The number of hydrogen-bond donors (Lipinski definition) is 4. The Morgan fingerprint density at radius 3 is 2.57 bits per heavy atom. The van der Waals surface area contributed by atoms with Crippen LogP contribution in [0, 0.1) is 0 Å². The fourth-order valence-electron chi connectivity index (χ4n) is 3.18. The largest absolute Gasteiger partial charge is 0.481 e. The summed E-state index contributed by atoms with van der Waals surface area (Å²) in [5.74, 6) is -0.884. The number of amides is 3. The predicted octanol–water partition coefficient (Wildman–Crippen LogP) is 0.742. The molecule has 0 radical (unpaired) electrons. The van der Waals surface area contributed by atoms with E-state index >= 15 is 0 Å². The van der Waals surface area contributed by atoms with Gasteiger partial charge in [-0.15, -0.1) is 0 Å². The van der Waals surface area contributed by atoms with E-state index in [0.29, 0.717) is 32.2 Å². The fourth-order valence-corrected chi connectivity index (χ4v) is 3.18. The molecule has 1 unspecified atom stereocenters. The predicted molar refractivity (Wildman–Crippen MR) is 75.8 cm³/mol. The maximum Gasteiger partial charge on any atom is 0.315 e. The highest BCUT2D eigenvalue weighted by molar-refractivity contribution is 5.79. The number of aliphatic carboxylic acids is 1. The second-order valence-electron chi connectivity index (χ2n) is 6.05. The lowest BCUT2D eigenvalue weighted by molar-refractivity contribution is -0.139. The third-order valence-electron chi connectivity index (χ3n) is 4.28. The number of urea groups is 1. The second kappa shape index (κ2) is 6.78. The van der Waals surface area contributed by atoms with E-state index < -0.39 is 11.5 Å². The molecule has 1 aliphatic heterocycles. The maximum absolute atomic E-state index is 12.1. The molecule has 4 N–H and O–H groups in total. The van der Waals surface area contributed by atoms with Crippen molar-refractivity contribution in [2.24, 2.45) is 0 Å². The Balaban J connectivity index is 1.88. The molecule has 1 aliphatic carbocycles. The van der Waals surface area contributed by atoms with Crippen LogP contribution in [0.25, 0.3) is 0 Å². The molecule has 2 rings (SSSR count). The van der Waals surface area contributed by atoms with E-state index in [4.69, 9.17) is 5.11 Å². The first kappa shape index (κ1) is 15.6. The summed E-state index contributed by atoms with van der Waals surface area (Å²) in [6, 6.07) is -0.424. The monoisotopic (exact) mass is 297 g/mol. The Bertz CT molecular complexity index is 408. The Labute approximate surface area is 123 Å². The van der Waals surface area contributed by atoms with Gasteiger partial charge < -0.3 is 21.1 Å². The van der Waals surface area contributed by atoms with Crippen molar-refractivity contribution < 1.29 is 19.5 Å². The summed E-state index contributed by atoms with van der Waals surface area (Å²) in [5.41, 5.74) is -0.633. The van der Waals surface area contributed by atoms with E-state index in [0.717, 1.165) is 19.3 Å². The molecule has 0 bridgehead atoms. The van der Waals surface area contributed by atoms with Gasteiger partial charge in [0, 0.05) is 19.0 Å². The van der Waals surface area contributed by atoms with Crippen LogP contribution in [0.1, 0.15) is 51.4 Å². The van der Waals surface area contributed by atoms with E-state index in [2.05, 4.69) is 16.0 Å². The Kier molecular flexibility index (Phi) is 5.03. The van der Waals surface area contributed by atoms with Crippen molar-refractivity contribution in [2.45, 2.75) is 62.9 Å². The minimum atomic E-state index is -0.887. The summed E-state index contributed by atoms with van der Waals surface area (Å²) in [4.78, 5) is 34.3. The molecule has 7 heteroatoms. The zero-order valence-corrected chi connectivity index (χ0v) is 12.1. The van der Waals surface area contributed by atoms with Gasteiger partial charge in [0.15, 0.2) is 0 Å². The van der Waals surface area contributed by atoms with Gasteiger partial charge in [0.2, 0.25) is 5.91 Å². The van der Waals surface area contributed by atoms with E-state index in [1.165, 1.54) is 0 Å². The van der Waals surface area contributed by atoms with Crippen molar-refractivity contribution in [3.05, 3.63) is 0 Å². The van der Waals surface area contributed by atoms with Crippen molar-refractivity contribution in [1.82, 2.24) is 16.0 Å². The number of carbonyl (C=O) groups is 3. The van der Waals surface area contributed by atoms with E-state index in [1.807, 2.05) is 0 Å². The number of carboxylic acids is 1. The highest BCUT2D eigenvalue weighted by Crippen LogP contribution is 2.31. The molecular weight excluding hydrogens is 274 g/mol. The van der Waals surface area contributed by atoms with Crippen molar-refractivity contribution in [3.63, 3.8) is 0 Å². The van der Waals surface area contributed by atoms with Crippen LogP contribution in [0.3, 0.4) is 0 Å². The first-order valence-corrected chi connectivity index (χ1v) is 7.56. The average Bonchev–Trinajstić information content (AvgIpc) is 2.41. The molecule has 0 spiro atoms. The number of rotatable bonds is 4. The highest BCUT2D eigenvalue weighted by Gasteiger charge is 2.36. The van der Waals surface area contributed by atoms with Gasteiger partial charge in [0.1, 0.15) is 0 Å². The SMILES string of the molecule is O=C(O)CC1(NC(=O)NC2CCC(=O)NC2)CCCCC1. The molecule has 3 amide bonds. The zero-order chi connectivity index (χ0) is 15.3. The van der Waals surface area contributed by atoms with Gasteiger partial charge in [-0.2, -0.15) is 0 Å². The van der Waals surface area contributed by atoms with Crippen LogP contribution in [-0.2, 0) is 9.59 Å². The number of piperidine rings is 1. The normalized spacial score (nSPS) is 24.8. The molecular formula is C14H23N3O4. The van der Waals surface area contributed by atoms with Crippen LogP contribution in [0.4, 0.5) is 4.79 Å². The molecule has 1 atom stereocenters. The smallest absolute Gasteiger partial charge is 0.315 e. The van der Waals surface area contributed by atoms with Crippen LogP contribution in [0.2, 0.25) is 0 Å². The summed E-state index contributed by atoms with van der Waals surface area (Å²) in [7, 11) is 0. The molecule has 2 fully saturated rings. The van der Waals surface area contributed by atoms with Crippen LogP contribution in [0.5, 0.6) is 0 Å². The van der Waals surface area contributed by atoms with Crippen LogP contribution >= 0.6 is 0 Å². The van der Waals surface area contributed by atoms with Crippen LogP contribution < -0.4 is 16.0 Å². The molecule has 1 saturated heterocycles. The van der Waals surface area contributed by atoms with Gasteiger partial charge in [0.05, 0.1) is 12.0 Å². The summed E-state index contributed by atoms with van der Waals surface area (Å²) < 4.78 is 0. The summed E-state index contributed by atoms with van der Waals surface area (Å²) in [5, 5.41) is 17.5. The lowest BCUT2D eigenvalue weighted by atomic mass is 9.79. The lowest BCUT2D eigenvalue weighted by Crippen LogP contribution is -2.57. The third kappa shape index (κ3) is 4.61. The summed E-state index contributed by atoms with van der Waals surface area (Å²) >= 11 is 0. The average molecular weight is 297 g/mol. The van der Waals surface area contributed by atoms with Gasteiger partial charge in [-0.3, -0.25) is 9.59 Å². The van der Waals surface area contributed by atoms with Crippen molar-refractivity contribution in [2.75, 3.05) is 6.54 Å². The molecule has 118 valence electrons. The number of hydrogen-bond acceptors (Lipinski definition) is 3. The molecule has 0 aromatic rings. The first-order valence-electron chi connectivity index (χ1n) is 7.56. The van der Waals surface area contributed by atoms with E-state index in [1.54, 1.807) is 0 Å². The molecule has 0 aromatic heterocycles. The van der Waals surface area contributed by atoms with Gasteiger partial charge in [-0.05, 0) is 19.3 Å². The molecule has 7 nitrogen and oxygen atoms in total. The van der Waals surface area contributed by atoms with E-state index in [-0.39, 0.29) is 24.4 Å². The van der Waals surface area contributed by atoms with E-state index in [9.17, 15) is 14.4 Å². The van der Waals surface area contributed by atoms with Crippen molar-refractivity contribution >= 4 is 17.9 Å². The van der Waals surface area contributed by atoms with Gasteiger partial charge >= 0.3 is 12.0 Å². The van der Waals surface area contributed by atoms with Gasteiger partial charge in [-0.25, -0.2) is 4.79 Å². The molecule has 1 saturated carbocycles.